The highest BCUT2D eigenvalue weighted by molar-refractivity contribution is 7.18. The highest BCUT2D eigenvalue weighted by Gasteiger charge is 2.10. The molecule has 124 valence electrons. The molecule has 0 unspecified atom stereocenters. The Labute approximate surface area is 148 Å². The van der Waals surface area contributed by atoms with Gasteiger partial charge in [0.2, 0.25) is 5.91 Å². The second kappa shape index (κ2) is 7.73. The van der Waals surface area contributed by atoms with E-state index in [1.54, 1.807) is 17.4 Å². The number of hydrogen-bond donors (Lipinski definition) is 1. The first-order valence-corrected chi connectivity index (χ1v) is 8.91. The Kier molecular flexibility index (Phi) is 5.43. The third-order valence-electron chi connectivity index (χ3n) is 3.61. The summed E-state index contributed by atoms with van der Waals surface area (Å²) in [6.07, 6.45) is 2.78. The second-order valence-electron chi connectivity index (χ2n) is 5.43. The average Bonchev–Trinajstić information content (AvgIpc) is 2.99. The number of anilines is 1. The maximum atomic E-state index is 13.7. The van der Waals surface area contributed by atoms with E-state index in [9.17, 15) is 9.18 Å². The van der Waals surface area contributed by atoms with E-state index < -0.39 is 5.82 Å². The summed E-state index contributed by atoms with van der Waals surface area (Å²) in [5.74, 6) is -0.803. The van der Waals surface area contributed by atoms with E-state index in [2.05, 4.69) is 16.4 Å². The van der Waals surface area contributed by atoms with Crippen LogP contribution in [-0.4, -0.2) is 10.9 Å². The number of hydrogen-bond acceptors (Lipinski definition) is 3. The van der Waals surface area contributed by atoms with Crippen LogP contribution in [0.1, 0.15) is 24.3 Å². The molecule has 24 heavy (non-hydrogen) atoms. The van der Waals surface area contributed by atoms with E-state index in [-0.39, 0.29) is 16.6 Å². The normalized spacial score (nSPS) is 10.9. The monoisotopic (exact) mass is 362 g/mol. The molecule has 0 aliphatic carbocycles. The molecular formula is C18H16ClFN2OS. The molecule has 3 nitrogen and oxygen atoms in total. The van der Waals surface area contributed by atoms with Crippen molar-refractivity contribution in [3.63, 3.8) is 0 Å². The molecule has 3 aromatic rings. The van der Waals surface area contributed by atoms with Crippen LogP contribution in [-0.2, 0) is 11.2 Å². The van der Waals surface area contributed by atoms with Crippen molar-refractivity contribution >= 4 is 44.7 Å². The number of nitrogens with one attached hydrogen (secondary N) is 1. The first-order chi connectivity index (χ1) is 11.6. The summed E-state index contributed by atoms with van der Waals surface area (Å²) < 4.78 is 14.9. The Bertz CT molecular complexity index is 832. The van der Waals surface area contributed by atoms with Gasteiger partial charge in [-0.15, -0.1) is 11.3 Å². The maximum absolute atomic E-state index is 13.7. The van der Waals surface area contributed by atoms with Crippen LogP contribution in [0.2, 0.25) is 5.02 Å². The van der Waals surface area contributed by atoms with Crippen molar-refractivity contribution < 1.29 is 9.18 Å². The first-order valence-electron chi connectivity index (χ1n) is 7.72. The molecule has 0 saturated heterocycles. The Morgan fingerprint density at radius 3 is 2.83 bits per heavy atom. The summed E-state index contributed by atoms with van der Waals surface area (Å²) in [7, 11) is 0. The summed E-state index contributed by atoms with van der Waals surface area (Å²) in [4.78, 5) is 16.5. The lowest BCUT2D eigenvalue weighted by atomic mass is 10.2. The van der Waals surface area contributed by atoms with E-state index in [1.807, 2.05) is 18.2 Å². The number of halogens is 2. The zero-order chi connectivity index (χ0) is 16.9. The first kappa shape index (κ1) is 16.9. The van der Waals surface area contributed by atoms with Crippen LogP contribution in [0.25, 0.3) is 10.2 Å². The summed E-state index contributed by atoms with van der Waals surface area (Å²) in [5, 5.41) is 3.64. The highest BCUT2D eigenvalue weighted by atomic mass is 35.5. The molecule has 1 aromatic heterocycles. The minimum atomic E-state index is -0.595. The number of para-hydroxylation sites is 1. The number of unbranched alkanes of at least 4 members (excludes halogenated alkanes) is 1. The number of benzene rings is 2. The molecule has 0 aliphatic rings. The number of aryl methyl sites for hydroxylation is 1. The number of fused-ring (bicyclic) bond motifs is 1. The molecule has 0 spiro atoms. The molecular weight excluding hydrogens is 347 g/mol. The van der Waals surface area contributed by atoms with Gasteiger partial charge in [0.25, 0.3) is 0 Å². The van der Waals surface area contributed by atoms with Gasteiger partial charge < -0.3 is 5.32 Å². The molecule has 6 heteroatoms. The van der Waals surface area contributed by atoms with E-state index in [0.717, 1.165) is 29.8 Å². The number of aromatic nitrogens is 1. The second-order valence-corrected chi connectivity index (χ2v) is 6.95. The third kappa shape index (κ3) is 4.10. The van der Waals surface area contributed by atoms with E-state index in [0.29, 0.717) is 6.42 Å². The zero-order valence-corrected chi connectivity index (χ0v) is 14.5. The molecule has 0 bridgehead atoms. The fourth-order valence-corrected chi connectivity index (χ4v) is 3.59. The summed E-state index contributed by atoms with van der Waals surface area (Å²) in [6, 6.07) is 12.6. The van der Waals surface area contributed by atoms with Gasteiger partial charge in [0, 0.05) is 6.42 Å². The van der Waals surface area contributed by atoms with Gasteiger partial charge in [-0.05, 0) is 43.5 Å². The van der Waals surface area contributed by atoms with Crippen molar-refractivity contribution in [3.05, 3.63) is 58.3 Å². The van der Waals surface area contributed by atoms with E-state index in [1.165, 1.54) is 16.8 Å². The number of carbonyl (C=O) groups is 1. The van der Waals surface area contributed by atoms with Crippen LogP contribution in [0.15, 0.2) is 42.5 Å². The number of thiazole rings is 1. The summed E-state index contributed by atoms with van der Waals surface area (Å²) >= 11 is 7.38. The molecule has 0 radical (unpaired) electrons. The molecule has 1 amide bonds. The van der Waals surface area contributed by atoms with Gasteiger partial charge in [0.15, 0.2) is 5.82 Å². The van der Waals surface area contributed by atoms with Crippen molar-refractivity contribution in [1.82, 2.24) is 4.98 Å². The third-order valence-corrected chi connectivity index (χ3v) is 5.00. The average molecular weight is 363 g/mol. The fraction of sp³-hybridized carbons (Fsp3) is 0.222. The van der Waals surface area contributed by atoms with Gasteiger partial charge >= 0.3 is 0 Å². The smallest absolute Gasteiger partial charge is 0.224 e. The van der Waals surface area contributed by atoms with Crippen LogP contribution in [0, 0.1) is 5.82 Å². The lowest BCUT2D eigenvalue weighted by Crippen LogP contribution is -2.12. The Morgan fingerprint density at radius 2 is 2.00 bits per heavy atom. The molecule has 3 rings (SSSR count). The molecule has 0 saturated carbocycles. The minimum absolute atomic E-state index is 0.00337. The predicted molar refractivity (Wildman–Crippen MR) is 97.2 cm³/mol. The van der Waals surface area contributed by atoms with Crippen molar-refractivity contribution in [3.8, 4) is 0 Å². The van der Waals surface area contributed by atoms with Gasteiger partial charge in [0.1, 0.15) is 0 Å². The molecule has 1 heterocycles. The Morgan fingerprint density at radius 1 is 1.17 bits per heavy atom. The molecule has 2 aromatic carbocycles. The Balaban J connectivity index is 1.46. The molecule has 0 fully saturated rings. The summed E-state index contributed by atoms with van der Waals surface area (Å²) in [6.45, 7) is 0. The van der Waals surface area contributed by atoms with Gasteiger partial charge in [-0.1, -0.05) is 29.8 Å². The maximum Gasteiger partial charge on any atom is 0.224 e. The lowest BCUT2D eigenvalue weighted by molar-refractivity contribution is -0.116. The van der Waals surface area contributed by atoms with Crippen molar-refractivity contribution in [2.24, 2.45) is 0 Å². The number of rotatable bonds is 6. The molecule has 0 aliphatic heterocycles. The molecule has 0 atom stereocenters. The van der Waals surface area contributed by atoms with Gasteiger partial charge in [-0.3, -0.25) is 4.79 Å². The van der Waals surface area contributed by atoms with E-state index >= 15 is 0 Å². The van der Waals surface area contributed by atoms with Gasteiger partial charge in [0.05, 0.1) is 25.9 Å². The van der Waals surface area contributed by atoms with Crippen LogP contribution in [0.4, 0.5) is 10.1 Å². The zero-order valence-electron chi connectivity index (χ0n) is 12.9. The largest absolute Gasteiger partial charge is 0.324 e. The number of amides is 1. The number of carbonyl (C=O) groups excluding carboxylic acids is 1. The van der Waals surface area contributed by atoms with Crippen LogP contribution >= 0.6 is 22.9 Å². The quantitative estimate of drug-likeness (QED) is 0.593. The lowest BCUT2D eigenvalue weighted by Gasteiger charge is -2.07. The van der Waals surface area contributed by atoms with Crippen molar-refractivity contribution in [1.29, 1.82) is 0 Å². The SMILES string of the molecule is O=C(CCCCc1nc2ccccc2s1)Nc1cccc(Cl)c1F. The van der Waals surface area contributed by atoms with E-state index in [4.69, 9.17) is 11.6 Å². The number of nitrogens with zero attached hydrogens (tertiary/aromatic N) is 1. The van der Waals surface area contributed by atoms with Crippen molar-refractivity contribution in [2.45, 2.75) is 25.7 Å². The van der Waals surface area contributed by atoms with Gasteiger partial charge in [-0.25, -0.2) is 9.37 Å². The van der Waals surface area contributed by atoms with Crippen LogP contribution in [0.3, 0.4) is 0 Å². The van der Waals surface area contributed by atoms with Crippen LogP contribution < -0.4 is 5.32 Å². The van der Waals surface area contributed by atoms with Crippen LogP contribution in [0.5, 0.6) is 0 Å². The van der Waals surface area contributed by atoms with Gasteiger partial charge in [-0.2, -0.15) is 0 Å². The minimum Gasteiger partial charge on any atom is -0.324 e. The Hall–Kier alpha value is -1.98. The topological polar surface area (TPSA) is 42.0 Å². The molecule has 1 N–H and O–H groups in total. The fourth-order valence-electron chi connectivity index (χ4n) is 2.40. The summed E-state index contributed by atoms with van der Waals surface area (Å²) in [5.41, 5.74) is 1.14. The highest BCUT2D eigenvalue weighted by Crippen LogP contribution is 2.24. The standard InChI is InChI=1S/C18H16ClFN2OS/c19-12-6-5-8-14(18(12)20)21-16(23)10-3-4-11-17-22-13-7-1-2-9-15(13)24-17/h1-2,5-9H,3-4,10-11H2,(H,21,23). The van der Waals surface area contributed by atoms with Crippen molar-refractivity contribution in [2.75, 3.05) is 5.32 Å². The predicted octanol–water partition coefficient (Wildman–Crippen LogP) is 5.44.